The highest BCUT2D eigenvalue weighted by Crippen LogP contribution is 2.34. The molecular formula is C20H21N5O2S. The molecule has 0 N–H and O–H groups in total. The summed E-state index contributed by atoms with van der Waals surface area (Å²) in [6.45, 7) is 0. The average molecular weight is 395 g/mol. The van der Waals surface area contributed by atoms with Crippen LogP contribution in [-0.2, 0) is 0 Å². The molecule has 0 spiro atoms. The Morgan fingerprint density at radius 1 is 1.00 bits per heavy atom. The van der Waals surface area contributed by atoms with Gasteiger partial charge >= 0.3 is 0 Å². The van der Waals surface area contributed by atoms with Crippen LogP contribution in [0.3, 0.4) is 0 Å². The van der Waals surface area contributed by atoms with E-state index < -0.39 is 0 Å². The topological polar surface area (TPSA) is 64.8 Å². The summed E-state index contributed by atoms with van der Waals surface area (Å²) in [5.41, 5.74) is 3.87. The van der Waals surface area contributed by atoms with Gasteiger partial charge in [-0.3, -0.25) is 0 Å². The highest BCUT2D eigenvalue weighted by atomic mass is 32.2. The molecule has 0 saturated heterocycles. The highest BCUT2D eigenvalue weighted by Gasteiger charge is 2.23. The molecule has 3 aromatic rings. The Hall–Kier alpha value is -3.00. The van der Waals surface area contributed by atoms with Crippen LogP contribution in [0.2, 0.25) is 0 Å². The maximum absolute atomic E-state index is 5.48. The van der Waals surface area contributed by atoms with Crippen molar-refractivity contribution in [3.8, 4) is 22.9 Å². The van der Waals surface area contributed by atoms with Crippen molar-refractivity contribution in [2.24, 2.45) is 5.10 Å². The molecule has 8 heteroatoms. The van der Waals surface area contributed by atoms with Gasteiger partial charge in [0.2, 0.25) is 5.16 Å². The molecule has 144 valence electrons. The summed E-state index contributed by atoms with van der Waals surface area (Å²) in [6.07, 6.45) is 0. The number of anilines is 1. The Morgan fingerprint density at radius 2 is 1.79 bits per heavy atom. The van der Waals surface area contributed by atoms with Gasteiger partial charge in [-0.2, -0.15) is 9.78 Å². The lowest BCUT2D eigenvalue weighted by Crippen LogP contribution is -2.16. The number of benzene rings is 2. The van der Waals surface area contributed by atoms with Crippen LogP contribution < -0.4 is 14.4 Å². The largest absolute Gasteiger partial charge is 0.496 e. The number of aromatic nitrogens is 3. The zero-order valence-electron chi connectivity index (χ0n) is 16.2. The summed E-state index contributed by atoms with van der Waals surface area (Å²) in [6, 6.07) is 13.8. The van der Waals surface area contributed by atoms with Gasteiger partial charge in [-0.15, -0.1) is 10.2 Å². The summed E-state index contributed by atoms with van der Waals surface area (Å²) >= 11 is 1.62. The van der Waals surface area contributed by atoms with E-state index in [2.05, 4.69) is 16.3 Å². The Bertz CT molecular complexity index is 1040. The fourth-order valence-electron chi connectivity index (χ4n) is 3.09. The molecule has 2 aromatic carbocycles. The minimum absolute atomic E-state index is 0.665. The molecule has 1 aliphatic rings. The fourth-order valence-corrected chi connectivity index (χ4v) is 3.92. The first-order valence-corrected chi connectivity index (χ1v) is 9.76. The molecule has 1 aromatic heterocycles. The van der Waals surface area contributed by atoms with E-state index in [1.807, 2.05) is 55.4 Å². The first-order chi connectivity index (χ1) is 13.6. The van der Waals surface area contributed by atoms with E-state index in [0.29, 0.717) is 5.82 Å². The van der Waals surface area contributed by atoms with Crippen molar-refractivity contribution in [1.29, 1.82) is 0 Å². The van der Waals surface area contributed by atoms with Crippen LogP contribution in [0.1, 0.15) is 5.56 Å². The third-order valence-electron chi connectivity index (χ3n) is 4.51. The normalized spacial score (nSPS) is 12.9. The van der Waals surface area contributed by atoms with Gasteiger partial charge in [0, 0.05) is 25.4 Å². The number of rotatable bonds is 5. The molecule has 7 nitrogen and oxygen atoms in total. The molecule has 0 bridgehead atoms. The number of ether oxygens (including phenoxy) is 2. The Labute approximate surface area is 168 Å². The van der Waals surface area contributed by atoms with Crippen LogP contribution in [0.4, 0.5) is 5.69 Å². The van der Waals surface area contributed by atoms with Crippen molar-refractivity contribution in [1.82, 2.24) is 14.9 Å². The van der Waals surface area contributed by atoms with Crippen LogP contribution in [-0.4, -0.2) is 54.7 Å². The predicted octanol–water partition coefficient (Wildman–Crippen LogP) is 3.39. The molecule has 0 radical (unpaired) electrons. The minimum Gasteiger partial charge on any atom is -0.496 e. The number of fused-ring (bicyclic) bond motifs is 1. The van der Waals surface area contributed by atoms with Crippen molar-refractivity contribution in [2.75, 3.05) is 39.0 Å². The number of thioether (sulfide) groups is 1. The Morgan fingerprint density at radius 3 is 2.54 bits per heavy atom. The first-order valence-electron chi connectivity index (χ1n) is 8.77. The molecule has 0 saturated carbocycles. The second-order valence-electron chi connectivity index (χ2n) is 6.43. The molecular weight excluding hydrogens is 374 g/mol. The molecule has 0 unspecified atom stereocenters. The summed E-state index contributed by atoms with van der Waals surface area (Å²) in [7, 11) is 7.32. The number of para-hydroxylation sites is 1. The molecule has 2 heterocycles. The third-order valence-corrected chi connectivity index (χ3v) is 5.44. The van der Waals surface area contributed by atoms with Gasteiger partial charge in [-0.05, 0) is 30.3 Å². The Kier molecular flexibility index (Phi) is 4.95. The lowest BCUT2D eigenvalue weighted by molar-refractivity contribution is 0.415. The van der Waals surface area contributed by atoms with Crippen molar-refractivity contribution in [2.45, 2.75) is 5.16 Å². The maximum atomic E-state index is 5.48. The van der Waals surface area contributed by atoms with Crippen molar-refractivity contribution < 1.29 is 9.47 Å². The number of nitrogens with zero attached hydrogens (tertiary/aromatic N) is 5. The van der Waals surface area contributed by atoms with Crippen LogP contribution in [0, 0.1) is 0 Å². The lowest BCUT2D eigenvalue weighted by Gasteiger charge is -2.19. The zero-order valence-corrected chi connectivity index (χ0v) is 17.0. The first kappa shape index (κ1) is 18.4. The van der Waals surface area contributed by atoms with E-state index in [9.17, 15) is 0 Å². The molecule has 0 amide bonds. The van der Waals surface area contributed by atoms with Gasteiger partial charge in [-0.25, -0.2) is 0 Å². The highest BCUT2D eigenvalue weighted by molar-refractivity contribution is 7.99. The smallest absolute Gasteiger partial charge is 0.212 e. The van der Waals surface area contributed by atoms with Crippen LogP contribution in [0.5, 0.6) is 11.5 Å². The SMILES string of the molecule is COc1ccccc1-c1nnc2n1N=C(c1ccc(OC)c(N(C)C)c1)CS2. The molecule has 0 fully saturated rings. The second kappa shape index (κ2) is 7.55. The molecule has 4 rings (SSSR count). The summed E-state index contributed by atoms with van der Waals surface area (Å²) in [4.78, 5) is 2.03. The second-order valence-corrected chi connectivity index (χ2v) is 7.38. The van der Waals surface area contributed by atoms with E-state index in [1.165, 1.54) is 0 Å². The van der Waals surface area contributed by atoms with Gasteiger partial charge in [0.1, 0.15) is 11.5 Å². The molecule has 0 atom stereocenters. The monoisotopic (exact) mass is 395 g/mol. The average Bonchev–Trinajstić information content (AvgIpc) is 3.16. The maximum Gasteiger partial charge on any atom is 0.212 e. The van der Waals surface area contributed by atoms with Crippen LogP contribution >= 0.6 is 11.8 Å². The fraction of sp³-hybridized carbons (Fsp3) is 0.250. The van der Waals surface area contributed by atoms with Gasteiger partial charge < -0.3 is 14.4 Å². The van der Waals surface area contributed by atoms with Crippen molar-refractivity contribution in [3.63, 3.8) is 0 Å². The standard InChI is InChI=1S/C20H21N5O2S/c1-24(2)16-11-13(9-10-18(16)27-4)15-12-28-20-22-21-19(25(20)23-15)14-7-5-6-8-17(14)26-3/h5-11H,12H2,1-4H3. The number of hydrogen-bond acceptors (Lipinski definition) is 7. The van der Waals surface area contributed by atoms with E-state index in [-0.39, 0.29) is 0 Å². The quantitative estimate of drug-likeness (QED) is 0.660. The van der Waals surface area contributed by atoms with E-state index in [0.717, 1.165) is 44.9 Å². The van der Waals surface area contributed by atoms with Crippen molar-refractivity contribution in [3.05, 3.63) is 48.0 Å². The van der Waals surface area contributed by atoms with Gasteiger partial charge in [0.15, 0.2) is 5.82 Å². The predicted molar refractivity (Wildman–Crippen MR) is 112 cm³/mol. The molecule has 0 aliphatic carbocycles. The number of methoxy groups -OCH3 is 2. The van der Waals surface area contributed by atoms with Crippen molar-refractivity contribution >= 4 is 23.2 Å². The van der Waals surface area contributed by atoms with E-state index >= 15 is 0 Å². The van der Waals surface area contributed by atoms with Gasteiger partial charge in [0.05, 0.1) is 31.2 Å². The molecule has 28 heavy (non-hydrogen) atoms. The van der Waals surface area contributed by atoms with Crippen LogP contribution in [0.15, 0.2) is 52.7 Å². The van der Waals surface area contributed by atoms with Gasteiger partial charge in [0.25, 0.3) is 0 Å². The van der Waals surface area contributed by atoms with E-state index in [1.54, 1.807) is 30.7 Å². The summed E-state index contributed by atoms with van der Waals surface area (Å²) < 4.78 is 12.7. The number of hydrogen-bond donors (Lipinski definition) is 0. The van der Waals surface area contributed by atoms with Gasteiger partial charge in [-0.1, -0.05) is 23.9 Å². The Balaban J connectivity index is 1.79. The third kappa shape index (κ3) is 3.20. The molecule has 1 aliphatic heterocycles. The van der Waals surface area contributed by atoms with Crippen LogP contribution in [0.25, 0.3) is 11.4 Å². The lowest BCUT2D eigenvalue weighted by atomic mass is 10.1. The zero-order chi connectivity index (χ0) is 19.7. The van der Waals surface area contributed by atoms with E-state index in [4.69, 9.17) is 14.6 Å². The summed E-state index contributed by atoms with van der Waals surface area (Å²) in [5, 5.41) is 14.3. The minimum atomic E-state index is 0.665. The summed E-state index contributed by atoms with van der Waals surface area (Å²) in [5.74, 6) is 2.96.